The number of carbonyl (C=O) groups excluding carboxylic acids is 1. The summed E-state index contributed by atoms with van der Waals surface area (Å²) in [7, 11) is 0. The first-order chi connectivity index (χ1) is 10.6. The molecule has 1 amide bonds. The Morgan fingerprint density at radius 3 is 2.59 bits per heavy atom. The molecule has 0 radical (unpaired) electrons. The third kappa shape index (κ3) is 2.86. The van der Waals surface area contributed by atoms with Gasteiger partial charge in [-0.1, -0.05) is 29.8 Å². The summed E-state index contributed by atoms with van der Waals surface area (Å²) in [6.07, 6.45) is 0. The summed E-state index contributed by atoms with van der Waals surface area (Å²) in [5.74, 6) is 0.924. The lowest BCUT2D eigenvalue weighted by atomic mass is 10.1. The fourth-order valence-corrected chi connectivity index (χ4v) is 2.57. The van der Waals surface area contributed by atoms with E-state index in [-0.39, 0.29) is 5.91 Å². The maximum atomic E-state index is 12.1. The van der Waals surface area contributed by atoms with Gasteiger partial charge in [0.05, 0.1) is 11.0 Å². The molecule has 0 saturated carbocycles. The van der Waals surface area contributed by atoms with E-state index in [2.05, 4.69) is 20.9 Å². The van der Waals surface area contributed by atoms with Gasteiger partial charge >= 0.3 is 0 Å². The van der Waals surface area contributed by atoms with Crippen molar-refractivity contribution in [2.75, 3.05) is 6.54 Å². The molecule has 22 heavy (non-hydrogen) atoms. The van der Waals surface area contributed by atoms with Crippen LogP contribution in [0, 0.1) is 13.8 Å². The summed E-state index contributed by atoms with van der Waals surface area (Å²) in [6.45, 7) is 5.29. The van der Waals surface area contributed by atoms with Crippen LogP contribution in [0.5, 0.6) is 0 Å². The van der Waals surface area contributed by atoms with Crippen LogP contribution in [-0.2, 0) is 6.54 Å². The first kappa shape index (κ1) is 14.3. The molecule has 0 fully saturated rings. The number of hydrogen-bond donors (Lipinski definition) is 1. The number of amides is 1. The molecule has 1 heterocycles. The Morgan fingerprint density at radius 1 is 1.09 bits per heavy atom. The summed E-state index contributed by atoms with van der Waals surface area (Å²) in [5.41, 5.74) is 3.93. The fraction of sp³-hybridized carbons (Fsp3) is 0.222. The number of aryl methyl sites for hydroxylation is 2. The molecule has 3 aromatic rings. The zero-order chi connectivity index (χ0) is 15.5. The summed E-state index contributed by atoms with van der Waals surface area (Å²) < 4.78 is 2.13. The lowest BCUT2D eigenvalue weighted by Gasteiger charge is -2.09. The van der Waals surface area contributed by atoms with E-state index < -0.39 is 0 Å². The topological polar surface area (TPSA) is 46.9 Å². The van der Waals surface area contributed by atoms with Crippen molar-refractivity contribution in [2.45, 2.75) is 20.4 Å². The van der Waals surface area contributed by atoms with Crippen LogP contribution in [0.1, 0.15) is 21.7 Å². The first-order valence-electron chi connectivity index (χ1n) is 7.42. The third-order valence-corrected chi connectivity index (χ3v) is 3.78. The van der Waals surface area contributed by atoms with Gasteiger partial charge in [-0.3, -0.25) is 4.79 Å². The second-order valence-electron chi connectivity index (χ2n) is 5.42. The van der Waals surface area contributed by atoms with Crippen LogP contribution in [0.2, 0.25) is 0 Å². The van der Waals surface area contributed by atoms with Gasteiger partial charge < -0.3 is 9.88 Å². The van der Waals surface area contributed by atoms with Crippen molar-refractivity contribution in [3.8, 4) is 0 Å². The van der Waals surface area contributed by atoms with E-state index in [9.17, 15) is 4.79 Å². The molecule has 4 nitrogen and oxygen atoms in total. The van der Waals surface area contributed by atoms with E-state index in [4.69, 9.17) is 0 Å². The molecule has 4 heteroatoms. The molecule has 0 atom stereocenters. The maximum absolute atomic E-state index is 12.1. The molecule has 0 aliphatic carbocycles. The summed E-state index contributed by atoms with van der Waals surface area (Å²) in [5, 5.41) is 2.96. The van der Waals surface area contributed by atoms with Crippen LogP contribution >= 0.6 is 0 Å². The molecular weight excluding hydrogens is 274 g/mol. The number of hydrogen-bond acceptors (Lipinski definition) is 2. The van der Waals surface area contributed by atoms with Crippen molar-refractivity contribution in [3.63, 3.8) is 0 Å². The van der Waals surface area contributed by atoms with Gasteiger partial charge in [-0.05, 0) is 38.1 Å². The number of imidazole rings is 1. The van der Waals surface area contributed by atoms with E-state index in [1.165, 1.54) is 0 Å². The highest BCUT2D eigenvalue weighted by Crippen LogP contribution is 2.14. The largest absolute Gasteiger partial charge is 0.350 e. The SMILES string of the molecule is Cc1ccc(C(=O)NCCn2c(C)nc3ccccc32)cc1. The predicted molar refractivity (Wildman–Crippen MR) is 88.0 cm³/mol. The molecule has 1 aromatic heterocycles. The molecule has 0 aliphatic heterocycles. The van der Waals surface area contributed by atoms with Crippen LogP contribution < -0.4 is 5.32 Å². The molecule has 0 bridgehead atoms. The quantitative estimate of drug-likeness (QED) is 0.803. The summed E-state index contributed by atoms with van der Waals surface area (Å²) in [4.78, 5) is 16.6. The van der Waals surface area contributed by atoms with E-state index in [0.29, 0.717) is 18.7 Å². The Morgan fingerprint density at radius 2 is 1.82 bits per heavy atom. The number of aromatic nitrogens is 2. The molecule has 1 N–H and O–H groups in total. The Hall–Kier alpha value is -2.62. The summed E-state index contributed by atoms with van der Waals surface area (Å²) in [6, 6.07) is 15.6. The molecule has 3 rings (SSSR count). The number of nitrogens with zero attached hydrogens (tertiary/aromatic N) is 2. The highest BCUT2D eigenvalue weighted by Gasteiger charge is 2.08. The Bertz CT molecular complexity index is 803. The standard InChI is InChI=1S/C18H19N3O/c1-13-7-9-15(10-8-13)18(22)19-11-12-21-14(2)20-16-5-3-4-6-17(16)21/h3-10H,11-12H2,1-2H3,(H,19,22). The molecule has 0 saturated heterocycles. The van der Waals surface area contributed by atoms with Gasteiger partial charge in [0.25, 0.3) is 5.91 Å². The minimum absolute atomic E-state index is 0.0397. The minimum atomic E-state index is -0.0397. The highest BCUT2D eigenvalue weighted by molar-refractivity contribution is 5.94. The Balaban J connectivity index is 1.66. The molecule has 0 aliphatic rings. The number of para-hydroxylation sites is 2. The average molecular weight is 293 g/mol. The van der Waals surface area contributed by atoms with Crippen LogP contribution in [0.25, 0.3) is 11.0 Å². The van der Waals surface area contributed by atoms with Crippen LogP contribution in [0.3, 0.4) is 0 Å². The van der Waals surface area contributed by atoms with Gasteiger partial charge in [-0.2, -0.15) is 0 Å². The molecule has 2 aromatic carbocycles. The number of nitrogens with one attached hydrogen (secondary N) is 1. The van der Waals surface area contributed by atoms with Crippen LogP contribution in [-0.4, -0.2) is 22.0 Å². The zero-order valence-electron chi connectivity index (χ0n) is 12.8. The zero-order valence-corrected chi connectivity index (χ0v) is 12.8. The van der Waals surface area contributed by atoms with E-state index in [1.54, 1.807) is 0 Å². The van der Waals surface area contributed by atoms with Gasteiger partial charge in [-0.15, -0.1) is 0 Å². The smallest absolute Gasteiger partial charge is 0.251 e. The number of benzene rings is 2. The van der Waals surface area contributed by atoms with E-state index in [1.807, 2.05) is 56.3 Å². The predicted octanol–water partition coefficient (Wildman–Crippen LogP) is 3.08. The van der Waals surface area contributed by atoms with Crippen molar-refractivity contribution in [1.29, 1.82) is 0 Å². The monoisotopic (exact) mass is 293 g/mol. The van der Waals surface area contributed by atoms with Crippen molar-refractivity contribution in [2.24, 2.45) is 0 Å². The first-order valence-corrected chi connectivity index (χ1v) is 7.42. The maximum Gasteiger partial charge on any atom is 0.251 e. The fourth-order valence-electron chi connectivity index (χ4n) is 2.57. The number of fused-ring (bicyclic) bond motifs is 1. The van der Waals surface area contributed by atoms with Crippen molar-refractivity contribution >= 4 is 16.9 Å². The Labute approximate surface area is 129 Å². The lowest BCUT2D eigenvalue weighted by molar-refractivity contribution is 0.0952. The molecule has 112 valence electrons. The van der Waals surface area contributed by atoms with Crippen LogP contribution in [0.15, 0.2) is 48.5 Å². The second-order valence-corrected chi connectivity index (χ2v) is 5.42. The number of rotatable bonds is 4. The second kappa shape index (κ2) is 6.02. The van der Waals surface area contributed by atoms with Gasteiger partial charge in [-0.25, -0.2) is 4.98 Å². The normalized spacial score (nSPS) is 10.8. The van der Waals surface area contributed by atoms with Crippen LogP contribution in [0.4, 0.5) is 0 Å². The molecular formula is C18H19N3O. The lowest BCUT2D eigenvalue weighted by Crippen LogP contribution is -2.27. The minimum Gasteiger partial charge on any atom is -0.350 e. The average Bonchev–Trinajstić information content (AvgIpc) is 2.84. The van der Waals surface area contributed by atoms with Gasteiger partial charge in [0, 0.05) is 18.7 Å². The number of carbonyl (C=O) groups is 1. The van der Waals surface area contributed by atoms with Crippen molar-refractivity contribution in [3.05, 3.63) is 65.5 Å². The van der Waals surface area contributed by atoms with Gasteiger partial charge in [0.2, 0.25) is 0 Å². The Kier molecular flexibility index (Phi) is 3.92. The summed E-state index contributed by atoms with van der Waals surface area (Å²) >= 11 is 0. The molecule has 0 spiro atoms. The molecule has 0 unspecified atom stereocenters. The third-order valence-electron chi connectivity index (χ3n) is 3.78. The van der Waals surface area contributed by atoms with Gasteiger partial charge in [0.15, 0.2) is 0 Å². The van der Waals surface area contributed by atoms with Crippen molar-refractivity contribution < 1.29 is 4.79 Å². The van der Waals surface area contributed by atoms with E-state index >= 15 is 0 Å². The van der Waals surface area contributed by atoms with E-state index in [0.717, 1.165) is 22.4 Å². The highest BCUT2D eigenvalue weighted by atomic mass is 16.1. The van der Waals surface area contributed by atoms with Crippen molar-refractivity contribution in [1.82, 2.24) is 14.9 Å². The van der Waals surface area contributed by atoms with Gasteiger partial charge in [0.1, 0.15) is 5.82 Å².